The number of halogens is 2. The molecule has 0 bridgehead atoms. The second kappa shape index (κ2) is 12.0. The lowest BCUT2D eigenvalue weighted by Gasteiger charge is -2.31. The minimum Gasteiger partial charge on any atom is -0.490 e. The molecular weight excluding hydrogens is 414 g/mol. The smallest absolute Gasteiger partial charge is 0.159 e. The SMILES string of the molecule is CCCCCCCc1ccc2c(c1)CCC(CCC1CCC(c3ccc(F)c(F)c3)CC1)O2. The summed E-state index contributed by atoms with van der Waals surface area (Å²) in [4.78, 5) is 0. The molecule has 2 aliphatic rings. The van der Waals surface area contributed by atoms with Gasteiger partial charge in [-0.05, 0) is 111 Å². The van der Waals surface area contributed by atoms with E-state index in [1.54, 1.807) is 6.07 Å². The van der Waals surface area contributed by atoms with Gasteiger partial charge in [-0.1, -0.05) is 50.8 Å². The van der Waals surface area contributed by atoms with Crippen LogP contribution in [0.1, 0.15) is 107 Å². The highest BCUT2D eigenvalue weighted by Gasteiger charge is 2.25. The average Bonchev–Trinajstić information content (AvgIpc) is 2.84. The number of aryl methyl sites for hydroxylation is 2. The molecule has 0 radical (unpaired) electrons. The predicted octanol–water partition coefficient (Wildman–Crippen LogP) is 8.93. The van der Waals surface area contributed by atoms with E-state index in [1.165, 1.54) is 81.0 Å². The maximum Gasteiger partial charge on any atom is 0.159 e. The van der Waals surface area contributed by atoms with Gasteiger partial charge in [0.25, 0.3) is 0 Å². The highest BCUT2D eigenvalue weighted by atomic mass is 19.2. The molecule has 0 saturated heterocycles. The molecule has 1 fully saturated rings. The van der Waals surface area contributed by atoms with Crippen LogP contribution in [0, 0.1) is 17.6 Å². The molecule has 180 valence electrons. The standard InChI is InChI=1S/C30H40F2O/c1-2-3-4-5-6-7-23-11-19-30-26(20-23)14-17-27(33-30)16-10-22-8-12-24(13-9-22)25-15-18-28(31)29(32)21-25/h11,15,18-22,24,27H,2-10,12-14,16-17H2,1H3. The summed E-state index contributed by atoms with van der Waals surface area (Å²) in [6.45, 7) is 2.26. The molecule has 1 atom stereocenters. The van der Waals surface area contributed by atoms with Gasteiger partial charge in [-0.3, -0.25) is 0 Å². The van der Waals surface area contributed by atoms with Crippen molar-refractivity contribution in [2.24, 2.45) is 5.92 Å². The lowest BCUT2D eigenvalue weighted by atomic mass is 9.77. The summed E-state index contributed by atoms with van der Waals surface area (Å²) in [7, 11) is 0. The normalized spacial score (nSPS) is 22.6. The van der Waals surface area contributed by atoms with Crippen molar-refractivity contribution >= 4 is 0 Å². The molecule has 0 spiro atoms. The van der Waals surface area contributed by atoms with Crippen LogP contribution >= 0.6 is 0 Å². The Hall–Kier alpha value is -1.90. The number of fused-ring (bicyclic) bond motifs is 1. The molecule has 0 amide bonds. The highest BCUT2D eigenvalue weighted by molar-refractivity contribution is 5.39. The van der Waals surface area contributed by atoms with Crippen molar-refractivity contribution in [3.63, 3.8) is 0 Å². The van der Waals surface area contributed by atoms with Crippen molar-refractivity contribution in [2.45, 2.75) is 109 Å². The van der Waals surface area contributed by atoms with Crippen LogP contribution in [0.2, 0.25) is 0 Å². The van der Waals surface area contributed by atoms with E-state index in [2.05, 4.69) is 25.1 Å². The van der Waals surface area contributed by atoms with Crippen LogP contribution in [0.5, 0.6) is 5.75 Å². The fourth-order valence-electron chi connectivity index (χ4n) is 5.76. The number of unbranched alkanes of at least 4 members (excludes halogenated alkanes) is 4. The van der Waals surface area contributed by atoms with Crippen LogP contribution in [-0.4, -0.2) is 6.10 Å². The Morgan fingerprint density at radius 3 is 2.42 bits per heavy atom. The first-order chi connectivity index (χ1) is 16.1. The van der Waals surface area contributed by atoms with Crippen molar-refractivity contribution < 1.29 is 13.5 Å². The van der Waals surface area contributed by atoms with Crippen LogP contribution in [0.4, 0.5) is 8.78 Å². The van der Waals surface area contributed by atoms with E-state index >= 15 is 0 Å². The van der Waals surface area contributed by atoms with Crippen LogP contribution in [0.3, 0.4) is 0 Å². The zero-order valence-electron chi connectivity index (χ0n) is 20.3. The lowest BCUT2D eigenvalue weighted by Crippen LogP contribution is -2.24. The predicted molar refractivity (Wildman–Crippen MR) is 132 cm³/mol. The van der Waals surface area contributed by atoms with Crippen molar-refractivity contribution in [1.29, 1.82) is 0 Å². The zero-order chi connectivity index (χ0) is 23.0. The number of benzene rings is 2. The third-order valence-electron chi connectivity index (χ3n) is 7.88. The van der Waals surface area contributed by atoms with Crippen LogP contribution < -0.4 is 4.74 Å². The summed E-state index contributed by atoms with van der Waals surface area (Å²) >= 11 is 0. The molecular formula is C30H40F2O. The molecule has 1 unspecified atom stereocenters. The number of ether oxygens (including phenoxy) is 1. The van der Waals surface area contributed by atoms with Crippen molar-refractivity contribution in [3.8, 4) is 5.75 Å². The van der Waals surface area contributed by atoms with Crippen LogP contribution in [-0.2, 0) is 12.8 Å². The van der Waals surface area contributed by atoms with Crippen molar-refractivity contribution in [2.75, 3.05) is 0 Å². The highest BCUT2D eigenvalue weighted by Crippen LogP contribution is 2.39. The molecule has 1 aliphatic carbocycles. The molecule has 0 N–H and O–H groups in total. The van der Waals surface area contributed by atoms with Gasteiger partial charge < -0.3 is 4.74 Å². The van der Waals surface area contributed by atoms with E-state index in [9.17, 15) is 8.78 Å². The van der Waals surface area contributed by atoms with Gasteiger partial charge in [0.1, 0.15) is 5.75 Å². The van der Waals surface area contributed by atoms with E-state index in [0.29, 0.717) is 12.0 Å². The molecule has 3 heteroatoms. The Labute approximate surface area is 198 Å². The summed E-state index contributed by atoms with van der Waals surface area (Å²) in [6.07, 6.45) is 17.3. The Bertz CT molecular complexity index is 885. The molecule has 4 rings (SSSR count). The Morgan fingerprint density at radius 2 is 1.64 bits per heavy atom. The number of hydrogen-bond acceptors (Lipinski definition) is 1. The van der Waals surface area contributed by atoms with Gasteiger partial charge in [0.2, 0.25) is 0 Å². The van der Waals surface area contributed by atoms with E-state index in [-0.39, 0.29) is 0 Å². The number of hydrogen-bond donors (Lipinski definition) is 0. The molecule has 0 aromatic heterocycles. The second-order valence-electron chi connectivity index (χ2n) is 10.4. The van der Waals surface area contributed by atoms with Crippen LogP contribution in [0.25, 0.3) is 0 Å². The third-order valence-corrected chi connectivity index (χ3v) is 7.88. The van der Waals surface area contributed by atoms with Gasteiger partial charge in [0.05, 0.1) is 6.10 Å². The summed E-state index contributed by atoms with van der Waals surface area (Å²) < 4.78 is 33.2. The van der Waals surface area contributed by atoms with Gasteiger partial charge >= 0.3 is 0 Å². The summed E-state index contributed by atoms with van der Waals surface area (Å²) in [5.41, 5.74) is 3.81. The molecule has 2 aromatic carbocycles. The zero-order valence-corrected chi connectivity index (χ0v) is 20.3. The van der Waals surface area contributed by atoms with Gasteiger partial charge in [0, 0.05) is 0 Å². The van der Waals surface area contributed by atoms with Gasteiger partial charge in [-0.25, -0.2) is 8.78 Å². The topological polar surface area (TPSA) is 9.23 Å². The second-order valence-corrected chi connectivity index (χ2v) is 10.4. The fraction of sp³-hybridized carbons (Fsp3) is 0.600. The van der Waals surface area contributed by atoms with Gasteiger partial charge in [0.15, 0.2) is 11.6 Å². The first kappa shape index (κ1) is 24.2. The average molecular weight is 455 g/mol. The molecule has 1 saturated carbocycles. The van der Waals surface area contributed by atoms with Gasteiger partial charge in [-0.2, -0.15) is 0 Å². The first-order valence-corrected chi connectivity index (χ1v) is 13.4. The molecule has 1 aliphatic heterocycles. The first-order valence-electron chi connectivity index (χ1n) is 13.4. The molecule has 33 heavy (non-hydrogen) atoms. The summed E-state index contributed by atoms with van der Waals surface area (Å²) in [5, 5.41) is 0. The van der Waals surface area contributed by atoms with Crippen molar-refractivity contribution in [1.82, 2.24) is 0 Å². The maximum absolute atomic E-state index is 13.6. The molecule has 1 nitrogen and oxygen atoms in total. The fourth-order valence-corrected chi connectivity index (χ4v) is 5.76. The maximum atomic E-state index is 13.6. The van der Waals surface area contributed by atoms with Crippen molar-refractivity contribution in [3.05, 3.63) is 64.7 Å². The van der Waals surface area contributed by atoms with Gasteiger partial charge in [-0.15, -0.1) is 0 Å². The van der Waals surface area contributed by atoms with E-state index in [1.807, 2.05) is 0 Å². The summed E-state index contributed by atoms with van der Waals surface area (Å²) in [5.74, 6) is 0.730. The quantitative estimate of drug-likeness (QED) is 0.326. The summed E-state index contributed by atoms with van der Waals surface area (Å²) in [6, 6.07) is 11.3. The minimum atomic E-state index is -0.750. The van der Waals surface area contributed by atoms with E-state index in [4.69, 9.17) is 4.74 Å². The van der Waals surface area contributed by atoms with E-state index < -0.39 is 11.6 Å². The Morgan fingerprint density at radius 1 is 0.818 bits per heavy atom. The number of rotatable bonds is 10. The Kier molecular flexibility index (Phi) is 8.81. The van der Waals surface area contributed by atoms with Crippen LogP contribution in [0.15, 0.2) is 36.4 Å². The lowest BCUT2D eigenvalue weighted by molar-refractivity contribution is 0.148. The minimum absolute atomic E-state index is 0.335. The Balaban J connectivity index is 1.18. The van der Waals surface area contributed by atoms with E-state index in [0.717, 1.165) is 49.3 Å². The monoisotopic (exact) mass is 454 g/mol. The molecule has 1 heterocycles. The largest absolute Gasteiger partial charge is 0.490 e. The molecule has 2 aromatic rings. The third kappa shape index (κ3) is 6.80.